The van der Waals surface area contributed by atoms with Gasteiger partial charge in [0.25, 0.3) is 0 Å². The van der Waals surface area contributed by atoms with Gasteiger partial charge in [0.15, 0.2) is 0 Å². The van der Waals surface area contributed by atoms with Crippen molar-refractivity contribution in [3.05, 3.63) is 0 Å². The highest BCUT2D eigenvalue weighted by Gasteiger charge is 2.27. The number of carboxylic acid groups (broad SMARTS) is 1. The molecular formula is C34H68NO9P. The molecule has 0 saturated carbocycles. The zero-order valence-corrected chi connectivity index (χ0v) is 29.6. The average Bonchev–Trinajstić information content (AvgIpc) is 3.01. The first kappa shape index (κ1) is 44.0. The van der Waals surface area contributed by atoms with Gasteiger partial charge in [-0.1, -0.05) is 149 Å². The van der Waals surface area contributed by atoms with E-state index in [1.54, 1.807) is 0 Å². The topological polar surface area (TPSA) is 155 Å². The van der Waals surface area contributed by atoms with Gasteiger partial charge >= 0.3 is 19.8 Å². The van der Waals surface area contributed by atoms with Gasteiger partial charge in [-0.05, 0) is 12.8 Å². The first-order valence-electron chi connectivity index (χ1n) is 18.1. The number of carbonyl (C=O) groups is 2. The van der Waals surface area contributed by atoms with Crippen molar-refractivity contribution in [1.29, 1.82) is 0 Å². The van der Waals surface area contributed by atoms with Crippen molar-refractivity contribution >= 4 is 19.8 Å². The Hall–Kier alpha value is -1.03. The van der Waals surface area contributed by atoms with Gasteiger partial charge in [0.05, 0.1) is 19.8 Å². The molecule has 0 aliphatic heterocycles. The molecule has 0 bridgehead atoms. The van der Waals surface area contributed by atoms with Crippen LogP contribution in [0.4, 0.5) is 0 Å². The standard InChI is InChI=1S/C34H68NO9P/c1-3-5-7-9-11-13-15-17-19-21-23-25-27-41-28-31(29-42-45(39,40)43-30-32(35)34(37)38)44-33(36)26-24-22-20-18-16-14-12-10-8-6-4-2/h31-32H,3-30,35H2,1-2H3,(H,37,38)(H,39,40)/t31-,32+/m1/s1. The van der Waals surface area contributed by atoms with Crippen LogP contribution < -0.4 is 5.73 Å². The number of phosphoric acid groups is 1. The molecule has 11 heteroatoms. The summed E-state index contributed by atoms with van der Waals surface area (Å²) in [6, 6.07) is -1.47. The molecule has 0 saturated heterocycles. The average molecular weight is 666 g/mol. The molecule has 3 atom stereocenters. The van der Waals surface area contributed by atoms with Crippen molar-refractivity contribution in [2.45, 2.75) is 180 Å². The highest BCUT2D eigenvalue weighted by molar-refractivity contribution is 7.47. The van der Waals surface area contributed by atoms with Crippen molar-refractivity contribution < 1.29 is 42.7 Å². The summed E-state index contributed by atoms with van der Waals surface area (Å²) < 4.78 is 33.1. The van der Waals surface area contributed by atoms with Crippen LogP contribution in [0.5, 0.6) is 0 Å². The summed E-state index contributed by atoms with van der Waals surface area (Å²) in [6.07, 6.45) is 27.2. The van der Waals surface area contributed by atoms with Crippen LogP contribution in [0, 0.1) is 0 Å². The molecule has 10 nitrogen and oxygen atoms in total. The van der Waals surface area contributed by atoms with E-state index < -0.39 is 45.1 Å². The number of unbranched alkanes of at least 4 members (excludes halogenated alkanes) is 21. The molecule has 0 amide bonds. The molecule has 0 spiro atoms. The number of carboxylic acids is 1. The number of hydrogen-bond donors (Lipinski definition) is 3. The molecule has 0 aromatic carbocycles. The normalized spacial score (nSPS) is 14.2. The van der Waals surface area contributed by atoms with Crippen LogP contribution in [-0.4, -0.2) is 60.5 Å². The lowest BCUT2D eigenvalue weighted by atomic mass is 10.1. The summed E-state index contributed by atoms with van der Waals surface area (Å²) in [5.74, 6) is -1.77. The second-order valence-corrected chi connectivity index (χ2v) is 13.8. The number of hydrogen-bond acceptors (Lipinski definition) is 8. The Morgan fingerprint density at radius 3 is 1.47 bits per heavy atom. The molecule has 0 aliphatic carbocycles. The number of ether oxygens (including phenoxy) is 2. The van der Waals surface area contributed by atoms with E-state index in [-0.39, 0.29) is 13.0 Å². The minimum absolute atomic E-state index is 0.0245. The van der Waals surface area contributed by atoms with E-state index in [2.05, 4.69) is 18.4 Å². The second-order valence-electron chi connectivity index (χ2n) is 12.4. The van der Waals surface area contributed by atoms with E-state index in [4.69, 9.17) is 24.8 Å². The van der Waals surface area contributed by atoms with E-state index in [0.717, 1.165) is 38.5 Å². The zero-order valence-electron chi connectivity index (χ0n) is 28.7. The first-order chi connectivity index (χ1) is 21.7. The van der Waals surface area contributed by atoms with Gasteiger partial charge in [0, 0.05) is 13.0 Å². The third-order valence-corrected chi connectivity index (χ3v) is 8.84. The smallest absolute Gasteiger partial charge is 0.472 e. The van der Waals surface area contributed by atoms with Crippen LogP contribution in [0.25, 0.3) is 0 Å². The highest BCUT2D eigenvalue weighted by Crippen LogP contribution is 2.43. The second kappa shape index (κ2) is 31.6. The molecule has 4 N–H and O–H groups in total. The first-order valence-corrected chi connectivity index (χ1v) is 19.6. The Bertz CT molecular complexity index is 740. The lowest BCUT2D eigenvalue weighted by molar-refractivity contribution is -0.154. The summed E-state index contributed by atoms with van der Waals surface area (Å²) in [5, 5.41) is 8.84. The van der Waals surface area contributed by atoms with Crippen LogP contribution in [0.15, 0.2) is 0 Å². The fourth-order valence-electron chi connectivity index (χ4n) is 5.01. The SMILES string of the molecule is CCCCCCCCCCCCCCOC[C@H](COP(=O)(O)OC[C@H](N)C(=O)O)OC(=O)CCCCCCCCCCCCC. The third-order valence-electron chi connectivity index (χ3n) is 7.89. The van der Waals surface area contributed by atoms with Crippen LogP contribution in [0.2, 0.25) is 0 Å². The molecule has 0 rings (SSSR count). The van der Waals surface area contributed by atoms with Crippen molar-refractivity contribution in [2.75, 3.05) is 26.4 Å². The van der Waals surface area contributed by atoms with Crippen molar-refractivity contribution in [2.24, 2.45) is 5.73 Å². The summed E-state index contributed by atoms with van der Waals surface area (Å²) >= 11 is 0. The predicted octanol–water partition coefficient (Wildman–Crippen LogP) is 8.86. The Morgan fingerprint density at radius 2 is 1.02 bits per heavy atom. The summed E-state index contributed by atoms with van der Waals surface area (Å²) in [4.78, 5) is 33.3. The van der Waals surface area contributed by atoms with Gasteiger partial charge in [-0.25, -0.2) is 4.57 Å². The number of rotatable bonds is 35. The monoisotopic (exact) mass is 665 g/mol. The molecular weight excluding hydrogens is 597 g/mol. The van der Waals surface area contributed by atoms with Crippen LogP contribution in [-0.2, 0) is 32.7 Å². The maximum atomic E-state index is 12.5. The third kappa shape index (κ3) is 31.3. The van der Waals surface area contributed by atoms with E-state index in [0.29, 0.717) is 6.61 Å². The van der Waals surface area contributed by atoms with E-state index in [1.807, 2.05) is 0 Å². The number of aliphatic carboxylic acids is 1. The van der Waals surface area contributed by atoms with Crippen molar-refractivity contribution in [3.8, 4) is 0 Å². The fraction of sp³-hybridized carbons (Fsp3) is 0.941. The van der Waals surface area contributed by atoms with Crippen molar-refractivity contribution in [3.63, 3.8) is 0 Å². The van der Waals surface area contributed by atoms with Crippen molar-refractivity contribution in [1.82, 2.24) is 0 Å². The Balaban J connectivity index is 4.31. The number of nitrogens with two attached hydrogens (primary N) is 1. The van der Waals surface area contributed by atoms with Crippen LogP contribution in [0.3, 0.4) is 0 Å². The molecule has 1 unspecified atom stereocenters. The molecule has 0 aromatic rings. The van der Waals surface area contributed by atoms with E-state index in [1.165, 1.54) is 109 Å². The zero-order chi connectivity index (χ0) is 33.4. The molecule has 0 heterocycles. The van der Waals surface area contributed by atoms with E-state index >= 15 is 0 Å². The van der Waals surface area contributed by atoms with Gasteiger partial charge in [0.2, 0.25) is 0 Å². The molecule has 0 fully saturated rings. The minimum atomic E-state index is -4.59. The quantitative estimate of drug-likeness (QED) is 0.0340. The maximum Gasteiger partial charge on any atom is 0.472 e. The maximum absolute atomic E-state index is 12.5. The Labute approximate surface area is 274 Å². The van der Waals surface area contributed by atoms with Gasteiger partial charge in [-0.3, -0.25) is 18.6 Å². The highest BCUT2D eigenvalue weighted by atomic mass is 31.2. The van der Waals surface area contributed by atoms with Gasteiger partial charge in [0.1, 0.15) is 12.1 Å². The van der Waals surface area contributed by atoms with Crippen LogP contribution >= 0.6 is 7.82 Å². The largest absolute Gasteiger partial charge is 0.480 e. The van der Waals surface area contributed by atoms with E-state index in [9.17, 15) is 19.0 Å². The molecule has 0 aromatic heterocycles. The Morgan fingerprint density at radius 1 is 0.622 bits per heavy atom. The van der Waals surface area contributed by atoms with Gasteiger partial charge in [-0.2, -0.15) is 0 Å². The lowest BCUT2D eigenvalue weighted by Gasteiger charge is -2.20. The Kier molecular flexibility index (Phi) is 30.8. The van der Waals surface area contributed by atoms with Crippen LogP contribution in [0.1, 0.15) is 168 Å². The van der Waals surface area contributed by atoms with Gasteiger partial charge < -0.3 is 25.2 Å². The molecule has 0 aliphatic rings. The predicted molar refractivity (Wildman–Crippen MR) is 180 cm³/mol. The molecule has 0 radical (unpaired) electrons. The molecule has 268 valence electrons. The number of carbonyl (C=O) groups excluding carboxylic acids is 1. The summed E-state index contributed by atoms with van der Waals surface area (Å²) in [5.41, 5.74) is 5.32. The fourth-order valence-corrected chi connectivity index (χ4v) is 5.79. The minimum Gasteiger partial charge on any atom is -0.480 e. The number of esters is 1. The summed E-state index contributed by atoms with van der Waals surface area (Å²) in [6.45, 7) is 3.87. The number of phosphoric ester groups is 1. The van der Waals surface area contributed by atoms with Gasteiger partial charge in [-0.15, -0.1) is 0 Å². The molecule has 45 heavy (non-hydrogen) atoms. The summed E-state index contributed by atoms with van der Waals surface area (Å²) in [7, 11) is -4.59. The lowest BCUT2D eigenvalue weighted by Crippen LogP contribution is -2.34.